The topological polar surface area (TPSA) is 376 Å². The van der Waals surface area contributed by atoms with Crippen molar-refractivity contribution in [2.75, 3.05) is 33.0 Å². The number of amides is 6. The average molecular weight is 1240 g/mol. The maximum Gasteiger partial charge on any atom is 0.472 e. The SMILES string of the molecule is CCCCCCCCCCCCCCCC(=O)OCC(COP(=O)(O)OCCNC(=O)[C@H](C)NC(=O)CC[C@@H](NC(=O)[C@H](C)NC(=O)[C@@H](C)O[C@H]1[C@H](O)[C@@H](CO)O[C@H](O)[C@@H]1NC(C)=O)C(N)=O)OC(=O)CCCCCCCCCCCCCCC. The molecule has 1 saturated heterocycles. The zero-order valence-corrected chi connectivity index (χ0v) is 52.9. The number of ether oxygens (including phenoxy) is 4. The molecule has 25 nitrogen and oxygen atoms in total. The third-order valence-corrected chi connectivity index (χ3v) is 15.6. The van der Waals surface area contributed by atoms with Gasteiger partial charge in [0.25, 0.3) is 0 Å². The van der Waals surface area contributed by atoms with Gasteiger partial charge in [-0.3, -0.25) is 47.4 Å². The summed E-state index contributed by atoms with van der Waals surface area (Å²) < 4.78 is 44.8. The normalized spacial score (nSPS) is 19.2. The molecule has 494 valence electrons. The van der Waals surface area contributed by atoms with Gasteiger partial charge in [0.05, 0.1) is 19.8 Å². The van der Waals surface area contributed by atoms with Crippen molar-refractivity contribution in [2.45, 2.75) is 295 Å². The minimum absolute atomic E-state index is 0.110. The highest BCUT2D eigenvalue weighted by Gasteiger charge is 2.47. The summed E-state index contributed by atoms with van der Waals surface area (Å²) in [6.45, 7) is 6.89. The average Bonchev–Trinajstić information content (AvgIpc) is 2.45. The Morgan fingerprint density at radius 3 is 1.58 bits per heavy atom. The minimum atomic E-state index is -4.80. The van der Waals surface area contributed by atoms with Gasteiger partial charge in [0.1, 0.15) is 55.2 Å². The number of carbonyl (C=O) groups excluding carboxylic acids is 8. The standard InChI is InChI=1S/C59H109N6O19P/c1-7-9-11-13-15-17-19-21-23-25-27-29-31-33-50(69)79-40-46(83-51(70)34-32-30-28-26-24-22-20-18-16-14-12-10-8-2)41-81-85(77,78)80-38-37-61-56(73)42(3)62-49(68)36-35-47(55(60)72)65-57(74)43(4)63-58(75)44(5)82-54-52(64-45(6)67)59(76)84-48(39-66)53(54)71/h42-44,46-48,52-54,59,66,71,76H,7-41H2,1-6H3,(H2,60,72)(H,61,73)(H,62,68)(H,63,75)(H,64,67)(H,65,74)(H,77,78)/t42-,43-,44+,46?,47+,48+,52+,53+,54+,59-/m0/s1. The molecule has 85 heavy (non-hydrogen) atoms. The van der Waals surface area contributed by atoms with Crippen LogP contribution < -0.4 is 32.3 Å². The van der Waals surface area contributed by atoms with Gasteiger partial charge in [-0.25, -0.2) is 4.57 Å². The van der Waals surface area contributed by atoms with Crippen LogP contribution in [0.1, 0.15) is 234 Å². The van der Waals surface area contributed by atoms with Gasteiger partial charge in [0.2, 0.25) is 35.4 Å². The van der Waals surface area contributed by atoms with Crippen LogP contribution in [0.4, 0.5) is 0 Å². The highest BCUT2D eigenvalue weighted by atomic mass is 31.2. The van der Waals surface area contributed by atoms with E-state index in [1.807, 2.05) is 0 Å². The predicted octanol–water partition coefficient (Wildman–Crippen LogP) is 5.76. The van der Waals surface area contributed by atoms with Crippen LogP contribution in [-0.4, -0.2) is 162 Å². The molecule has 1 fully saturated rings. The van der Waals surface area contributed by atoms with E-state index in [0.717, 1.165) is 51.9 Å². The quantitative estimate of drug-likeness (QED) is 0.0196. The van der Waals surface area contributed by atoms with Gasteiger partial charge in [0, 0.05) is 32.7 Å². The summed E-state index contributed by atoms with van der Waals surface area (Å²) in [7, 11) is -4.80. The van der Waals surface area contributed by atoms with Crippen LogP contribution in [0.5, 0.6) is 0 Å². The van der Waals surface area contributed by atoms with E-state index in [0.29, 0.717) is 12.8 Å². The number of carbonyl (C=O) groups is 8. The highest BCUT2D eigenvalue weighted by molar-refractivity contribution is 7.47. The number of hydrogen-bond donors (Lipinski definition) is 10. The molecular formula is C59H109N6O19P. The third kappa shape index (κ3) is 38.5. The smallest absolute Gasteiger partial charge is 0.462 e. The number of esters is 2. The number of aliphatic hydroxyl groups is 3. The van der Waals surface area contributed by atoms with Gasteiger partial charge in [-0.05, 0) is 40.0 Å². The van der Waals surface area contributed by atoms with Crippen LogP contribution in [0.2, 0.25) is 0 Å². The Hall–Kier alpha value is -4.33. The number of unbranched alkanes of at least 4 members (excludes halogenated alkanes) is 24. The van der Waals surface area contributed by atoms with Crippen molar-refractivity contribution in [1.82, 2.24) is 26.6 Å². The van der Waals surface area contributed by atoms with E-state index in [-0.39, 0.29) is 25.8 Å². The number of nitrogens with two attached hydrogens (primary N) is 1. The first-order valence-corrected chi connectivity index (χ1v) is 33.0. The first-order valence-electron chi connectivity index (χ1n) is 31.5. The Bertz CT molecular complexity index is 1960. The van der Waals surface area contributed by atoms with E-state index >= 15 is 0 Å². The van der Waals surface area contributed by atoms with Crippen molar-refractivity contribution in [1.29, 1.82) is 0 Å². The largest absolute Gasteiger partial charge is 0.472 e. The van der Waals surface area contributed by atoms with Gasteiger partial charge in [-0.15, -0.1) is 0 Å². The predicted molar refractivity (Wildman–Crippen MR) is 318 cm³/mol. The molecule has 0 aromatic heterocycles. The molecule has 0 bridgehead atoms. The van der Waals surface area contributed by atoms with Crippen molar-refractivity contribution >= 4 is 55.2 Å². The number of phosphoric ester groups is 1. The Labute approximate surface area is 505 Å². The number of aliphatic hydroxyl groups excluding tert-OH is 3. The lowest BCUT2D eigenvalue weighted by Crippen LogP contribution is -2.65. The minimum Gasteiger partial charge on any atom is -0.462 e. The maximum absolute atomic E-state index is 13.0. The van der Waals surface area contributed by atoms with Gasteiger partial charge in [-0.1, -0.05) is 168 Å². The zero-order valence-electron chi connectivity index (χ0n) is 52.0. The van der Waals surface area contributed by atoms with Gasteiger partial charge in [-0.2, -0.15) is 0 Å². The molecule has 2 unspecified atom stereocenters. The van der Waals surface area contributed by atoms with Gasteiger partial charge >= 0.3 is 19.8 Å². The van der Waals surface area contributed by atoms with E-state index in [2.05, 4.69) is 40.4 Å². The number of nitrogens with one attached hydrogen (secondary N) is 5. The highest BCUT2D eigenvalue weighted by Crippen LogP contribution is 2.43. The lowest BCUT2D eigenvalue weighted by atomic mass is 9.96. The van der Waals surface area contributed by atoms with E-state index in [1.165, 1.54) is 130 Å². The van der Waals surface area contributed by atoms with E-state index in [9.17, 15) is 63.1 Å². The number of rotatable bonds is 52. The summed E-state index contributed by atoms with van der Waals surface area (Å²) in [5.41, 5.74) is 5.49. The van der Waals surface area contributed by atoms with Crippen molar-refractivity contribution in [3.8, 4) is 0 Å². The molecule has 0 aliphatic carbocycles. The summed E-state index contributed by atoms with van der Waals surface area (Å²) in [6, 6.07) is -5.19. The van der Waals surface area contributed by atoms with E-state index in [4.69, 9.17) is 33.7 Å². The van der Waals surface area contributed by atoms with E-state index < -0.39 is 149 Å². The molecule has 0 radical (unpaired) electrons. The molecule has 0 aromatic rings. The second-order valence-electron chi connectivity index (χ2n) is 22.4. The third-order valence-electron chi connectivity index (χ3n) is 14.6. The first-order chi connectivity index (χ1) is 40.5. The number of phosphoric acid groups is 1. The van der Waals surface area contributed by atoms with E-state index in [1.54, 1.807) is 0 Å². The monoisotopic (exact) mass is 1240 g/mol. The molecule has 11 atom stereocenters. The summed E-state index contributed by atoms with van der Waals surface area (Å²) in [5, 5.41) is 42.6. The lowest BCUT2D eigenvalue weighted by Gasteiger charge is -2.43. The molecule has 1 rings (SSSR count). The number of hydrogen-bond acceptors (Lipinski definition) is 18. The fourth-order valence-electron chi connectivity index (χ4n) is 9.46. The zero-order chi connectivity index (χ0) is 63.4. The first kappa shape index (κ1) is 78.7. The molecule has 0 saturated carbocycles. The van der Waals surface area contributed by atoms with Crippen molar-refractivity contribution < 1.29 is 91.1 Å². The Kier molecular flexibility index (Phi) is 44.2. The van der Waals surface area contributed by atoms with Crippen LogP contribution >= 0.6 is 7.82 Å². The number of primary amides is 1. The molecule has 26 heteroatoms. The van der Waals surface area contributed by atoms with Crippen LogP contribution in [-0.2, 0) is 70.9 Å². The van der Waals surface area contributed by atoms with Crippen LogP contribution in [0, 0.1) is 0 Å². The van der Waals surface area contributed by atoms with Crippen molar-refractivity contribution in [3.63, 3.8) is 0 Å². The van der Waals surface area contributed by atoms with Crippen LogP contribution in [0.25, 0.3) is 0 Å². The molecule has 1 heterocycles. The second kappa shape index (κ2) is 47.7. The Balaban J connectivity index is 2.62. The summed E-state index contributed by atoms with van der Waals surface area (Å²) in [6.07, 6.45) is 20.8. The fraction of sp³-hybridized carbons (Fsp3) is 0.864. The summed E-state index contributed by atoms with van der Waals surface area (Å²) in [5.74, 6) is -5.88. The van der Waals surface area contributed by atoms with Crippen LogP contribution in [0.3, 0.4) is 0 Å². The molecule has 6 amide bonds. The molecule has 0 spiro atoms. The second-order valence-corrected chi connectivity index (χ2v) is 23.9. The maximum atomic E-state index is 13.0. The Morgan fingerprint density at radius 2 is 1.09 bits per heavy atom. The summed E-state index contributed by atoms with van der Waals surface area (Å²) >= 11 is 0. The van der Waals surface area contributed by atoms with Crippen molar-refractivity contribution in [2.24, 2.45) is 5.73 Å². The molecule has 1 aliphatic heterocycles. The van der Waals surface area contributed by atoms with Gasteiger partial charge in [0.15, 0.2) is 12.4 Å². The lowest BCUT2D eigenvalue weighted by molar-refractivity contribution is -0.266. The molecule has 0 aromatic carbocycles. The summed E-state index contributed by atoms with van der Waals surface area (Å²) in [4.78, 5) is 112. The van der Waals surface area contributed by atoms with Crippen LogP contribution in [0.15, 0.2) is 0 Å². The molecule has 11 N–H and O–H groups in total. The van der Waals surface area contributed by atoms with Crippen molar-refractivity contribution in [3.05, 3.63) is 0 Å². The molecular weight excluding hydrogens is 1130 g/mol. The Morgan fingerprint density at radius 1 is 0.612 bits per heavy atom. The molecule has 1 aliphatic rings. The van der Waals surface area contributed by atoms with Gasteiger partial charge < -0.3 is 71.5 Å². The fourth-order valence-corrected chi connectivity index (χ4v) is 10.2.